The first-order valence-electron chi connectivity index (χ1n) is 14.9. The summed E-state index contributed by atoms with van der Waals surface area (Å²) < 4.78 is 12.1. The second-order valence-corrected chi connectivity index (χ2v) is 11.1. The Morgan fingerprint density at radius 3 is 1.49 bits per heavy atom. The highest BCUT2D eigenvalue weighted by Crippen LogP contribution is 2.39. The number of oxazole rings is 2. The fourth-order valence-corrected chi connectivity index (χ4v) is 6.08. The molecule has 0 radical (unpaired) electrons. The molecule has 2 aromatic heterocycles. The molecule has 0 fully saturated rings. The van der Waals surface area contributed by atoms with E-state index < -0.39 is 0 Å². The Balaban J connectivity index is 1.14. The predicted molar refractivity (Wildman–Crippen MR) is 182 cm³/mol. The number of para-hydroxylation sites is 4. The van der Waals surface area contributed by atoms with Crippen molar-refractivity contribution in [2.45, 2.75) is 0 Å². The molecule has 9 aromatic rings. The highest BCUT2D eigenvalue weighted by Gasteiger charge is 2.16. The summed E-state index contributed by atoms with van der Waals surface area (Å²) in [6.07, 6.45) is 0. The molecule has 212 valence electrons. The Morgan fingerprint density at radius 2 is 0.889 bits per heavy atom. The van der Waals surface area contributed by atoms with Crippen LogP contribution in [-0.2, 0) is 0 Å². The van der Waals surface area contributed by atoms with Crippen molar-refractivity contribution in [3.05, 3.63) is 152 Å². The smallest absolute Gasteiger partial charge is 0.227 e. The van der Waals surface area contributed by atoms with Gasteiger partial charge in [-0.1, -0.05) is 66.7 Å². The number of hydrogen-bond acceptors (Lipinski definition) is 5. The number of benzene rings is 7. The van der Waals surface area contributed by atoms with Gasteiger partial charge >= 0.3 is 0 Å². The van der Waals surface area contributed by atoms with E-state index in [9.17, 15) is 0 Å². The molecule has 0 saturated carbocycles. The van der Waals surface area contributed by atoms with Crippen molar-refractivity contribution in [1.82, 2.24) is 9.97 Å². The van der Waals surface area contributed by atoms with E-state index in [4.69, 9.17) is 18.8 Å². The van der Waals surface area contributed by atoms with E-state index in [-0.39, 0.29) is 0 Å². The fraction of sp³-hybridized carbons (Fsp3) is 0. The van der Waals surface area contributed by atoms with Crippen LogP contribution in [0.3, 0.4) is 0 Å². The summed E-state index contributed by atoms with van der Waals surface area (Å²) in [5.74, 6) is 1.21. The lowest BCUT2D eigenvalue weighted by Crippen LogP contribution is -2.09. The van der Waals surface area contributed by atoms with Crippen LogP contribution in [0.25, 0.3) is 66.7 Å². The normalized spacial score (nSPS) is 11.6. The molecule has 5 heteroatoms. The van der Waals surface area contributed by atoms with Gasteiger partial charge in [0.15, 0.2) is 11.2 Å². The van der Waals surface area contributed by atoms with Gasteiger partial charge in [0.05, 0.1) is 0 Å². The first kappa shape index (κ1) is 25.3. The number of rotatable bonds is 5. The van der Waals surface area contributed by atoms with Gasteiger partial charge in [0.25, 0.3) is 0 Å². The van der Waals surface area contributed by atoms with Crippen LogP contribution in [0.1, 0.15) is 0 Å². The third-order valence-corrected chi connectivity index (χ3v) is 8.32. The van der Waals surface area contributed by atoms with E-state index >= 15 is 0 Å². The quantitative estimate of drug-likeness (QED) is 0.190. The monoisotopic (exact) mass is 579 g/mol. The molecule has 0 N–H and O–H groups in total. The molecule has 0 unspecified atom stereocenters. The second kappa shape index (κ2) is 10.2. The number of aromatic nitrogens is 2. The molecule has 0 aliphatic carbocycles. The van der Waals surface area contributed by atoms with E-state index in [1.54, 1.807) is 0 Å². The Kier molecular flexibility index (Phi) is 5.74. The first-order chi connectivity index (χ1) is 22.3. The average Bonchev–Trinajstić information content (AvgIpc) is 3.74. The fourth-order valence-electron chi connectivity index (χ4n) is 6.08. The van der Waals surface area contributed by atoms with Gasteiger partial charge in [0, 0.05) is 28.2 Å². The van der Waals surface area contributed by atoms with Gasteiger partial charge in [-0.2, -0.15) is 0 Å². The zero-order valence-electron chi connectivity index (χ0n) is 24.1. The van der Waals surface area contributed by atoms with Crippen LogP contribution in [0.15, 0.2) is 160 Å². The van der Waals surface area contributed by atoms with Gasteiger partial charge in [0.1, 0.15) is 11.0 Å². The Morgan fingerprint density at radius 1 is 0.400 bits per heavy atom. The predicted octanol–water partition coefficient (Wildman–Crippen LogP) is 11.1. The second-order valence-electron chi connectivity index (χ2n) is 11.1. The maximum Gasteiger partial charge on any atom is 0.227 e. The van der Waals surface area contributed by atoms with Crippen LogP contribution in [0.4, 0.5) is 17.1 Å². The Labute approximate surface area is 258 Å². The summed E-state index contributed by atoms with van der Waals surface area (Å²) in [4.78, 5) is 11.6. The number of anilines is 3. The molecule has 0 aliphatic heterocycles. The van der Waals surface area contributed by atoms with Gasteiger partial charge in [-0.3, -0.25) is 0 Å². The van der Waals surface area contributed by atoms with Crippen molar-refractivity contribution in [2.75, 3.05) is 4.90 Å². The van der Waals surface area contributed by atoms with E-state index in [2.05, 4.69) is 108 Å². The topological polar surface area (TPSA) is 55.3 Å². The van der Waals surface area contributed by atoms with Crippen molar-refractivity contribution < 1.29 is 8.83 Å². The van der Waals surface area contributed by atoms with E-state index in [1.807, 2.05) is 48.5 Å². The molecular formula is C40H25N3O2. The van der Waals surface area contributed by atoms with Crippen LogP contribution < -0.4 is 4.90 Å². The molecule has 2 heterocycles. The van der Waals surface area contributed by atoms with Gasteiger partial charge in [-0.15, -0.1) is 0 Å². The molecule has 0 atom stereocenters. The third kappa shape index (κ3) is 4.41. The number of fused-ring (bicyclic) bond motifs is 5. The molecule has 0 spiro atoms. The van der Waals surface area contributed by atoms with Gasteiger partial charge in [-0.05, 0) is 106 Å². The van der Waals surface area contributed by atoms with Crippen LogP contribution in [0.2, 0.25) is 0 Å². The number of nitrogens with zero attached hydrogens (tertiary/aromatic N) is 3. The lowest BCUT2D eigenvalue weighted by atomic mass is 10.0. The summed E-state index contributed by atoms with van der Waals surface area (Å²) in [7, 11) is 0. The van der Waals surface area contributed by atoms with Crippen LogP contribution >= 0.6 is 0 Å². The van der Waals surface area contributed by atoms with Crippen LogP contribution in [0, 0.1) is 0 Å². The third-order valence-electron chi connectivity index (χ3n) is 8.32. The SMILES string of the molecule is c1ccc2c(c1)ccc1cc(N(c3ccc(-c4nc5ccccc5o4)cc3)c3ccc(-c4nc5ccccc5o4)cc3)ccc12. The Bertz CT molecular complexity index is 2310. The van der Waals surface area contributed by atoms with Crippen LogP contribution in [-0.4, -0.2) is 9.97 Å². The van der Waals surface area contributed by atoms with Gasteiger partial charge in [0.2, 0.25) is 11.8 Å². The summed E-state index contributed by atoms with van der Waals surface area (Å²) in [6.45, 7) is 0. The lowest BCUT2D eigenvalue weighted by Gasteiger charge is -2.26. The largest absolute Gasteiger partial charge is 0.436 e. The Hall–Kier alpha value is -6.20. The average molecular weight is 580 g/mol. The molecule has 5 nitrogen and oxygen atoms in total. The van der Waals surface area contributed by atoms with E-state index in [0.29, 0.717) is 11.8 Å². The standard InChI is InChI=1S/C40H25N3O2/c1-2-8-33-26(7-1)13-14-29-25-32(23-24-34(29)33)43(30-19-15-27(16-20-30)39-41-35-9-3-5-11-37(35)44-39)31-21-17-28(18-22-31)40-42-36-10-4-6-12-38(36)45-40/h1-25H. The molecular weight excluding hydrogens is 554 g/mol. The lowest BCUT2D eigenvalue weighted by molar-refractivity contribution is 0.619. The van der Waals surface area contributed by atoms with Crippen molar-refractivity contribution in [1.29, 1.82) is 0 Å². The minimum Gasteiger partial charge on any atom is -0.436 e. The highest BCUT2D eigenvalue weighted by molar-refractivity contribution is 6.08. The molecule has 9 rings (SSSR count). The zero-order valence-corrected chi connectivity index (χ0v) is 24.1. The van der Waals surface area contributed by atoms with E-state index in [0.717, 1.165) is 50.4 Å². The minimum atomic E-state index is 0.606. The van der Waals surface area contributed by atoms with Crippen molar-refractivity contribution in [3.8, 4) is 22.9 Å². The maximum absolute atomic E-state index is 6.04. The minimum absolute atomic E-state index is 0.606. The van der Waals surface area contributed by atoms with Gasteiger partial charge in [-0.25, -0.2) is 9.97 Å². The summed E-state index contributed by atoms with van der Waals surface area (Å²) in [5.41, 5.74) is 8.19. The molecule has 0 aliphatic rings. The number of hydrogen-bond donors (Lipinski definition) is 0. The first-order valence-corrected chi connectivity index (χ1v) is 14.9. The van der Waals surface area contributed by atoms with Crippen molar-refractivity contribution in [3.63, 3.8) is 0 Å². The van der Waals surface area contributed by atoms with Crippen LogP contribution in [0.5, 0.6) is 0 Å². The highest BCUT2D eigenvalue weighted by atomic mass is 16.4. The zero-order chi connectivity index (χ0) is 29.7. The summed E-state index contributed by atoms with van der Waals surface area (Å²) in [5, 5.41) is 4.90. The molecule has 0 amide bonds. The summed E-state index contributed by atoms with van der Waals surface area (Å²) in [6, 6.07) is 52.0. The maximum atomic E-state index is 6.04. The molecule has 0 saturated heterocycles. The summed E-state index contributed by atoms with van der Waals surface area (Å²) >= 11 is 0. The van der Waals surface area contributed by atoms with Crippen molar-refractivity contribution >= 4 is 60.8 Å². The molecule has 0 bridgehead atoms. The molecule has 7 aromatic carbocycles. The van der Waals surface area contributed by atoms with Gasteiger partial charge < -0.3 is 13.7 Å². The van der Waals surface area contributed by atoms with E-state index in [1.165, 1.54) is 21.5 Å². The van der Waals surface area contributed by atoms with Crippen molar-refractivity contribution in [2.24, 2.45) is 0 Å². The molecule has 45 heavy (non-hydrogen) atoms.